The molecule has 0 bridgehead atoms. The molecule has 0 heterocycles. The van der Waals surface area contributed by atoms with Gasteiger partial charge in [0.25, 0.3) is 0 Å². The number of anilines is 2. The van der Waals surface area contributed by atoms with Crippen LogP contribution in [-0.4, -0.2) is 5.91 Å². The minimum atomic E-state index is -0.0592. The van der Waals surface area contributed by atoms with Crippen LogP contribution in [0.15, 0.2) is 46.9 Å². The molecular formula is C16H17BrN2O. The molecule has 0 aliphatic heterocycles. The predicted octanol–water partition coefficient (Wildman–Crippen LogP) is 4.33. The summed E-state index contributed by atoms with van der Waals surface area (Å²) in [6, 6.07) is 13.9. The largest absolute Gasteiger partial charge is 0.381 e. The third kappa shape index (κ3) is 3.84. The second kappa shape index (κ2) is 6.57. The van der Waals surface area contributed by atoms with Gasteiger partial charge in [0.2, 0.25) is 5.91 Å². The molecule has 0 spiro atoms. The summed E-state index contributed by atoms with van der Waals surface area (Å²) >= 11 is 3.47. The molecule has 0 aliphatic rings. The maximum absolute atomic E-state index is 11.2. The first-order valence-electron chi connectivity index (χ1n) is 6.42. The lowest BCUT2D eigenvalue weighted by molar-refractivity contribution is -0.114. The third-order valence-corrected chi connectivity index (χ3v) is 3.49. The molecule has 20 heavy (non-hydrogen) atoms. The molecule has 0 aliphatic carbocycles. The number of amides is 1. The summed E-state index contributed by atoms with van der Waals surface area (Å²) in [7, 11) is 0. The van der Waals surface area contributed by atoms with Crippen molar-refractivity contribution in [2.24, 2.45) is 0 Å². The zero-order valence-corrected chi connectivity index (χ0v) is 13.1. The molecule has 104 valence electrons. The van der Waals surface area contributed by atoms with E-state index in [0.717, 1.165) is 21.4 Å². The van der Waals surface area contributed by atoms with Crippen molar-refractivity contribution in [2.45, 2.75) is 20.4 Å². The minimum Gasteiger partial charge on any atom is -0.381 e. The first kappa shape index (κ1) is 14.6. The summed E-state index contributed by atoms with van der Waals surface area (Å²) in [4.78, 5) is 11.2. The number of hydrogen-bond donors (Lipinski definition) is 2. The van der Waals surface area contributed by atoms with Crippen LogP contribution in [0.4, 0.5) is 11.4 Å². The van der Waals surface area contributed by atoms with Gasteiger partial charge in [-0.3, -0.25) is 4.79 Å². The number of nitrogens with one attached hydrogen (secondary N) is 2. The van der Waals surface area contributed by atoms with Gasteiger partial charge in [0.1, 0.15) is 0 Å². The molecule has 2 rings (SSSR count). The highest BCUT2D eigenvalue weighted by molar-refractivity contribution is 9.10. The van der Waals surface area contributed by atoms with Gasteiger partial charge in [-0.2, -0.15) is 0 Å². The Morgan fingerprint density at radius 2 is 1.90 bits per heavy atom. The second-order valence-electron chi connectivity index (χ2n) is 4.65. The van der Waals surface area contributed by atoms with Gasteiger partial charge < -0.3 is 10.6 Å². The van der Waals surface area contributed by atoms with E-state index in [4.69, 9.17) is 0 Å². The molecule has 0 radical (unpaired) electrons. The van der Waals surface area contributed by atoms with Crippen LogP contribution in [0.1, 0.15) is 18.1 Å². The Kier molecular flexibility index (Phi) is 4.79. The van der Waals surface area contributed by atoms with E-state index in [1.54, 1.807) is 0 Å². The van der Waals surface area contributed by atoms with Crippen LogP contribution < -0.4 is 10.6 Å². The zero-order valence-electron chi connectivity index (χ0n) is 11.5. The Morgan fingerprint density at radius 1 is 1.15 bits per heavy atom. The van der Waals surface area contributed by atoms with Crippen molar-refractivity contribution in [3.05, 3.63) is 58.1 Å². The van der Waals surface area contributed by atoms with Gasteiger partial charge >= 0.3 is 0 Å². The fourth-order valence-corrected chi connectivity index (χ4v) is 2.32. The summed E-state index contributed by atoms with van der Waals surface area (Å²) in [6.45, 7) is 4.24. The maximum atomic E-state index is 11.2. The number of para-hydroxylation sites is 1. The van der Waals surface area contributed by atoms with E-state index >= 15 is 0 Å². The van der Waals surface area contributed by atoms with Crippen LogP contribution in [0.5, 0.6) is 0 Å². The number of rotatable bonds is 4. The van der Waals surface area contributed by atoms with E-state index in [9.17, 15) is 4.79 Å². The van der Waals surface area contributed by atoms with Crippen LogP contribution in [0.2, 0.25) is 0 Å². The fourth-order valence-electron chi connectivity index (χ4n) is 1.96. The Bertz CT molecular complexity index is 626. The molecule has 1 amide bonds. The average molecular weight is 333 g/mol. The SMILES string of the molecule is CC(=O)Nc1ccccc1CNc1cc(Br)ccc1C. The molecule has 2 aromatic rings. The lowest BCUT2D eigenvalue weighted by atomic mass is 10.1. The van der Waals surface area contributed by atoms with Crippen LogP contribution in [0, 0.1) is 6.92 Å². The van der Waals surface area contributed by atoms with Crippen molar-refractivity contribution in [3.8, 4) is 0 Å². The Balaban J connectivity index is 2.14. The number of aryl methyl sites for hydroxylation is 1. The first-order valence-corrected chi connectivity index (χ1v) is 7.21. The first-order chi connectivity index (χ1) is 9.56. The second-order valence-corrected chi connectivity index (χ2v) is 5.57. The van der Waals surface area contributed by atoms with Crippen molar-refractivity contribution in [1.82, 2.24) is 0 Å². The molecule has 4 heteroatoms. The van der Waals surface area contributed by atoms with E-state index in [0.29, 0.717) is 6.54 Å². The Labute approximate surface area is 127 Å². The molecule has 0 saturated carbocycles. The lowest BCUT2D eigenvalue weighted by Crippen LogP contribution is -2.10. The monoisotopic (exact) mass is 332 g/mol. The van der Waals surface area contributed by atoms with Crippen LogP contribution in [0.25, 0.3) is 0 Å². The molecule has 0 aromatic heterocycles. The van der Waals surface area contributed by atoms with Gasteiger partial charge in [-0.05, 0) is 36.2 Å². The average Bonchev–Trinajstić information content (AvgIpc) is 2.41. The fraction of sp³-hybridized carbons (Fsp3) is 0.188. The Hall–Kier alpha value is -1.81. The summed E-state index contributed by atoms with van der Waals surface area (Å²) in [5, 5.41) is 6.25. The Morgan fingerprint density at radius 3 is 2.65 bits per heavy atom. The molecule has 0 atom stereocenters. The zero-order chi connectivity index (χ0) is 14.5. The van der Waals surface area contributed by atoms with Gasteiger partial charge in [-0.1, -0.05) is 40.2 Å². The number of benzene rings is 2. The molecule has 0 fully saturated rings. The van der Waals surface area contributed by atoms with Crippen LogP contribution in [-0.2, 0) is 11.3 Å². The van der Waals surface area contributed by atoms with Crippen molar-refractivity contribution in [3.63, 3.8) is 0 Å². The topological polar surface area (TPSA) is 41.1 Å². The summed E-state index contributed by atoms with van der Waals surface area (Å²) < 4.78 is 1.04. The molecule has 0 saturated heterocycles. The highest BCUT2D eigenvalue weighted by atomic mass is 79.9. The van der Waals surface area contributed by atoms with E-state index in [-0.39, 0.29) is 5.91 Å². The molecule has 2 N–H and O–H groups in total. The molecule has 0 unspecified atom stereocenters. The molecule has 3 nitrogen and oxygen atoms in total. The minimum absolute atomic E-state index is 0.0592. The van der Waals surface area contributed by atoms with Gasteiger partial charge in [0.15, 0.2) is 0 Å². The summed E-state index contributed by atoms with van der Waals surface area (Å²) in [6.07, 6.45) is 0. The number of carbonyl (C=O) groups is 1. The number of hydrogen-bond acceptors (Lipinski definition) is 2. The third-order valence-electron chi connectivity index (χ3n) is 3.00. The highest BCUT2D eigenvalue weighted by Crippen LogP contribution is 2.22. The van der Waals surface area contributed by atoms with E-state index in [1.807, 2.05) is 30.3 Å². The highest BCUT2D eigenvalue weighted by Gasteiger charge is 2.04. The van der Waals surface area contributed by atoms with Crippen molar-refractivity contribution in [2.75, 3.05) is 10.6 Å². The van der Waals surface area contributed by atoms with Crippen molar-refractivity contribution >= 4 is 33.2 Å². The van der Waals surface area contributed by atoms with Gasteiger partial charge in [0.05, 0.1) is 0 Å². The smallest absolute Gasteiger partial charge is 0.221 e. The molecule has 2 aromatic carbocycles. The molecular weight excluding hydrogens is 316 g/mol. The van der Waals surface area contributed by atoms with E-state index < -0.39 is 0 Å². The van der Waals surface area contributed by atoms with E-state index in [1.165, 1.54) is 12.5 Å². The quantitative estimate of drug-likeness (QED) is 0.874. The van der Waals surface area contributed by atoms with Crippen molar-refractivity contribution < 1.29 is 4.79 Å². The summed E-state index contributed by atoms with van der Waals surface area (Å²) in [5.74, 6) is -0.0592. The maximum Gasteiger partial charge on any atom is 0.221 e. The van der Waals surface area contributed by atoms with Gasteiger partial charge in [0, 0.05) is 29.3 Å². The van der Waals surface area contributed by atoms with Crippen LogP contribution in [0.3, 0.4) is 0 Å². The standard InChI is InChI=1S/C16H17BrN2O/c1-11-7-8-14(17)9-16(11)18-10-13-5-3-4-6-15(13)19-12(2)20/h3-9,18H,10H2,1-2H3,(H,19,20). The van der Waals surface area contributed by atoms with Crippen molar-refractivity contribution in [1.29, 1.82) is 0 Å². The van der Waals surface area contributed by atoms with Gasteiger partial charge in [-0.15, -0.1) is 0 Å². The summed E-state index contributed by atoms with van der Waals surface area (Å²) in [5.41, 5.74) is 4.17. The normalized spacial score (nSPS) is 10.2. The van der Waals surface area contributed by atoms with Gasteiger partial charge in [-0.25, -0.2) is 0 Å². The predicted molar refractivity (Wildman–Crippen MR) is 87.0 cm³/mol. The number of carbonyl (C=O) groups excluding carboxylic acids is 1. The lowest BCUT2D eigenvalue weighted by Gasteiger charge is -2.13. The van der Waals surface area contributed by atoms with Crippen LogP contribution >= 0.6 is 15.9 Å². The van der Waals surface area contributed by atoms with E-state index in [2.05, 4.69) is 45.6 Å². The number of halogens is 1.